The molecule has 19 heavy (non-hydrogen) atoms. The van der Waals surface area contributed by atoms with Crippen molar-refractivity contribution < 1.29 is 0 Å². The van der Waals surface area contributed by atoms with Crippen molar-refractivity contribution in [3.8, 4) is 0 Å². The zero-order chi connectivity index (χ0) is 13.2. The van der Waals surface area contributed by atoms with Crippen LogP contribution in [0.15, 0.2) is 48.7 Å². The lowest BCUT2D eigenvalue weighted by Gasteiger charge is -1.99. The van der Waals surface area contributed by atoms with Crippen LogP contribution in [0.4, 0.5) is 0 Å². The lowest BCUT2D eigenvalue weighted by molar-refractivity contribution is 1.09. The van der Waals surface area contributed by atoms with Gasteiger partial charge in [0.1, 0.15) is 5.65 Å². The fourth-order valence-electron chi connectivity index (χ4n) is 2.15. The predicted molar refractivity (Wildman–Crippen MR) is 80.0 cm³/mol. The van der Waals surface area contributed by atoms with E-state index in [0.29, 0.717) is 0 Å². The van der Waals surface area contributed by atoms with Crippen molar-refractivity contribution in [2.45, 2.75) is 13.8 Å². The second-order valence-electron chi connectivity index (χ2n) is 4.72. The third-order valence-electron chi connectivity index (χ3n) is 3.38. The van der Waals surface area contributed by atoms with Crippen LogP contribution in [0.1, 0.15) is 22.5 Å². The minimum absolute atomic E-state index is 1.01. The molecule has 0 N–H and O–H groups in total. The van der Waals surface area contributed by atoms with Crippen molar-refractivity contribution >= 4 is 17.8 Å². The van der Waals surface area contributed by atoms with Gasteiger partial charge in [0, 0.05) is 11.9 Å². The third-order valence-corrected chi connectivity index (χ3v) is 3.38. The number of hydrogen-bond acceptors (Lipinski definition) is 1. The molecule has 3 aromatic rings. The van der Waals surface area contributed by atoms with E-state index in [9.17, 15) is 0 Å². The quantitative estimate of drug-likeness (QED) is 0.666. The summed E-state index contributed by atoms with van der Waals surface area (Å²) in [6, 6.07) is 14.5. The molecular weight excluding hydrogens is 232 g/mol. The van der Waals surface area contributed by atoms with E-state index in [1.165, 1.54) is 16.8 Å². The van der Waals surface area contributed by atoms with Gasteiger partial charge in [-0.05, 0) is 37.1 Å². The maximum Gasteiger partial charge on any atom is 0.137 e. The van der Waals surface area contributed by atoms with Crippen LogP contribution < -0.4 is 0 Å². The number of nitrogens with zero attached hydrogens (tertiary/aromatic N) is 2. The van der Waals surface area contributed by atoms with Gasteiger partial charge in [0.25, 0.3) is 0 Å². The Bertz CT molecular complexity index is 737. The molecule has 0 aliphatic carbocycles. The number of imidazole rings is 1. The summed E-state index contributed by atoms with van der Waals surface area (Å²) in [5.74, 6) is 0. The van der Waals surface area contributed by atoms with Crippen molar-refractivity contribution in [1.29, 1.82) is 0 Å². The fourth-order valence-corrected chi connectivity index (χ4v) is 2.15. The zero-order valence-electron chi connectivity index (χ0n) is 11.2. The van der Waals surface area contributed by atoms with Crippen molar-refractivity contribution in [1.82, 2.24) is 9.38 Å². The van der Waals surface area contributed by atoms with E-state index in [1.807, 2.05) is 25.1 Å². The Hall–Kier alpha value is -2.35. The summed E-state index contributed by atoms with van der Waals surface area (Å²) in [6.07, 6.45) is 6.38. The average molecular weight is 248 g/mol. The lowest BCUT2D eigenvalue weighted by atomic mass is 10.2. The number of pyridine rings is 1. The van der Waals surface area contributed by atoms with Gasteiger partial charge in [-0.2, -0.15) is 0 Å². The molecule has 2 heteroatoms. The number of benzene rings is 1. The molecule has 94 valence electrons. The van der Waals surface area contributed by atoms with Crippen LogP contribution in [0.3, 0.4) is 0 Å². The summed E-state index contributed by atoms with van der Waals surface area (Å²) < 4.78 is 2.14. The molecule has 2 nitrogen and oxygen atoms in total. The molecule has 0 bridgehead atoms. The van der Waals surface area contributed by atoms with E-state index in [4.69, 9.17) is 0 Å². The zero-order valence-corrected chi connectivity index (χ0v) is 11.2. The Balaban J connectivity index is 1.98. The molecule has 0 spiro atoms. The monoisotopic (exact) mass is 248 g/mol. The van der Waals surface area contributed by atoms with E-state index >= 15 is 0 Å². The molecule has 1 aromatic carbocycles. The Kier molecular flexibility index (Phi) is 2.92. The highest BCUT2D eigenvalue weighted by Gasteiger charge is 2.03. The van der Waals surface area contributed by atoms with Gasteiger partial charge >= 0.3 is 0 Å². The maximum atomic E-state index is 4.51. The molecule has 0 aliphatic heterocycles. The molecule has 0 unspecified atom stereocenters. The molecule has 2 heterocycles. The van der Waals surface area contributed by atoms with Crippen LogP contribution in [0.5, 0.6) is 0 Å². The lowest BCUT2D eigenvalue weighted by Crippen LogP contribution is -1.88. The second-order valence-corrected chi connectivity index (χ2v) is 4.72. The molecule has 0 aliphatic rings. The number of aromatic nitrogens is 2. The van der Waals surface area contributed by atoms with E-state index in [-0.39, 0.29) is 0 Å². The Labute approximate surface area is 113 Å². The minimum atomic E-state index is 1.01. The van der Waals surface area contributed by atoms with Gasteiger partial charge in [-0.3, -0.25) is 0 Å². The van der Waals surface area contributed by atoms with E-state index in [2.05, 4.69) is 58.9 Å². The van der Waals surface area contributed by atoms with E-state index in [1.54, 1.807) is 0 Å². The number of fused-ring (bicyclic) bond motifs is 1. The van der Waals surface area contributed by atoms with Gasteiger partial charge in [-0.25, -0.2) is 4.98 Å². The van der Waals surface area contributed by atoms with E-state index < -0.39 is 0 Å². The first-order valence-corrected chi connectivity index (χ1v) is 6.42. The number of aryl methyl sites for hydroxylation is 2. The molecule has 0 atom stereocenters. The summed E-state index contributed by atoms with van der Waals surface area (Å²) in [4.78, 5) is 4.51. The topological polar surface area (TPSA) is 17.3 Å². The summed E-state index contributed by atoms with van der Waals surface area (Å²) in [7, 11) is 0. The summed E-state index contributed by atoms with van der Waals surface area (Å²) in [5.41, 5.74) is 5.68. The van der Waals surface area contributed by atoms with Crippen LogP contribution in [0.25, 0.3) is 17.8 Å². The van der Waals surface area contributed by atoms with Crippen molar-refractivity contribution in [3.05, 3.63) is 71.2 Å². The van der Waals surface area contributed by atoms with Crippen molar-refractivity contribution in [3.63, 3.8) is 0 Å². The third kappa shape index (κ3) is 2.29. The summed E-state index contributed by atoms with van der Waals surface area (Å²) in [6.45, 7) is 4.14. The van der Waals surface area contributed by atoms with Crippen LogP contribution in [-0.2, 0) is 0 Å². The van der Waals surface area contributed by atoms with Crippen LogP contribution in [0.2, 0.25) is 0 Å². The molecular formula is C17H16N2. The first-order valence-electron chi connectivity index (χ1n) is 6.42. The minimum Gasteiger partial charge on any atom is -0.303 e. The van der Waals surface area contributed by atoms with Crippen LogP contribution in [0, 0.1) is 13.8 Å². The molecule has 0 saturated carbocycles. The predicted octanol–water partition coefficient (Wildman–Crippen LogP) is 4.12. The van der Waals surface area contributed by atoms with Gasteiger partial charge in [0.15, 0.2) is 0 Å². The van der Waals surface area contributed by atoms with Gasteiger partial charge < -0.3 is 4.40 Å². The average Bonchev–Trinajstić information content (AvgIpc) is 2.73. The molecule has 0 saturated heterocycles. The maximum absolute atomic E-state index is 4.51. The molecule has 0 radical (unpaired) electrons. The highest BCUT2D eigenvalue weighted by Crippen LogP contribution is 2.14. The van der Waals surface area contributed by atoms with Gasteiger partial charge in [0.05, 0.1) is 5.69 Å². The Morgan fingerprint density at radius 3 is 2.42 bits per heavy atom. The highest BCUT2D eigenvalue weighted by molar-refractivity contribution is 5.69. The molecule has 2 aromatic heterocycles. The molecule has 0 amide bonds. The molecule has 0 fully saturated rings. The smallest absolute Gasteiger partial charge is 0.137 e. The Morgan fingerprint density at radius 1 is 0.895 bits per heavy atom. The second kappa shape index (κ2) is 4.73. The van der Waals surface area contributed by atoms with Crippen molar-refractivity contribution in [2.24, 2.45) is 0 Å². The number of hydrogen-bond donors (Lipinski definition) is 0. The highest BCUT2D eigenvalue weighted by atomic mass is 15.0. The standard InChI is InChI=1S/C17H16N2/c1-13-14(2)19-12-16(10-11-17(19)18-13)9-8-15-6-4-3-5-7-15/h3-12H,1-2H3/b9-8+. The largest absolute Gasteiger partial charge is 0.303 e. The first-order chi connectivity index (χ1) is 9.24. The van der Waals surface area contributed by atoms with Gasteiger partial charge in [-0.1, -0.05) is 42.5 Å². The van der Waals surface area contributed by atoms with Crippen molar-refractivity contribution in [2.75, 3.05) is 0 Å². The van der Waals surface area contributed by atoms with Gasteiger partial charge in [0.2, 0.25) is 0 Å². The van der Waals surface area contributed by atoms with E-state index in [0.717, 1.165) is 11.3 Å². The van der Waals surface area contributed by atoms with Crippen LogP contribution in [-0.4, -0.2) is 9.38 Å². The SMILES string of the molecule is Cc1nc2ccc(/C=C/c3ccccc3)cn2c1C. The number of rotatable bonds is 2. The molecule has 3 rings (SSSR count). The fraction of sp³-hybridized carbons (Fsp3) is 0.118. The van der Waals surface area contributed by atoms with Gasteiger partial charge in [-0.15, -0.1) is 0 Å². The van der Waals surface area contributed by atoms with Crippen LogP contribution >= 0.6 is 0 Å². The first kappa shape index (κ1) is 11.7. The summed E-state index contributed by atoms with van der Waals surface area (Å²) >= 11 is 0. The normalized spacial score (nSPS) is 11.5. The Morgan fingerprint density at radius 2 is 1.63 bits per heavy atom. The summed E-state index contributed by atoms with van der Waals surface area (Å²) in [5, 5.41) is 0.